The molecule has 0 N–H and O–H groups in total. The van der Waals surface area contributed by atoms with Crippen LogP contribution in [0, 0.1) is 0 Å². The fraction of sp³-hybridized carbons (Fsp3) is 0.150. The molecule has 0 amide bonds. The highest BCUT2D eigenvalue weighted by Gasteiger charge is 2.28. The zero-order valence-electron chi connectivity index (χ0n) is 13.6. The molecular weight excluding hydrogens is 368 g/mol. The van der Waals surface area contributed by atoms with Crippen LogP contribution in [0.25, 0.3) is 21.6 Å². The number of hydrogen-bond acceptors (Lipinski definition) is 5. The van der Waals surface area contributed by atoms with Crippen molar-refractivity contribution in [3.8, 4) is 21.6 Å². The Morgan fingerprint density at radius 1 is 1.00 bits per heavy atom. The molecule has 2 aromatic carbocycles. The number of thioether (sulfide) groups is 1. The first-order valence-electron chi connectivity index (χ1n) is 7.94. The Kier molecular flexibility index (Phi) is 4.63. The number of hydrogen-bond donors (Lipinski definition) is 1. The molecule has 0 atom stereocenters. The Morgan fingerprint density at radius 3 is 2.36 bits per heavy atom. The molecule has 0 bridgehead atoms. The van der Waals surface area contributed by atoms with Gasteiger partial charge in [-0.05, 0) is 47.2 Å². The predicted molar refractivity (Wildman–Crippen MR) is 108 cm³/mol. The first-order chi connectivity index (χ1) is 12.2. The molecule has 0 radical (unpaired) electrons. The molecule has 126 valence electrons. The maximum atomic E-state index is 12.2. The highest BCUT2D eigenvalue weighted by molar-refractivity contribution is 7.98. The number of carbonyl (C=O) groups is 1. The molecule has 25 heavy (non-hydrogen) atoms. The minimum absolute atomic E-state index is 0.203. The third-order valence-electron chi connectivity index (χ3n) is 4.29. The molecule has 0 fully saturated rings. The summed E-state index contributed by atoms with van der Waals surface area (Å²) in [6.07, 6.45) is 2.83. The van der Waals surface area contributed by atoms with E-state index >= 15 is 0 Å². The van der Waals surface area contributed by atoms with Crippen LogP contribution in [0.3, 0.4) is 0 Å². The lowest BCUT2D eigenvalue weighted by Crippen LogP contribution is -2.15. The Hall–Kier alpha value is -1.69. The Labute approximate surface area is 160 Å². The van der Waals surface area contributed by atoms with E-state index in [1.807, 2.05) is 12.1 Å². The number of esters is 1. The number of thiophene rings is 1. The van der Waals surface area contributed by atoms with Gasteiger partial charge in [0.1, 0.15) is 4.88 Å². The molecule has 5 heteroatoms. The van der Waals surface area contributed by atoms with Gasteiger partial charge in [-0.25, -0.2) is 4.79 Å². The molecule has 1 aromatic heterocycles. The van der Waals surface area contributed by atoms with Gasteiger partial charge in [0.05, 0.1) is 6.61 Å². The van der Waals surface area contributed by atoms with E-state index in [4.69, 9.17) is 4.74 Å². The highest BCUT2D eigenvalue weighted by atomic mass is 32.2. The van der Waals surface area contributed by atoms with Crippen molar-refractivity contribution >= 4 is 41.7 Å². The van der Waals surface area contributed by atoms with Crippen LogP contribution in [0.2, 0.25) is 0 Å². The molecule has 0 aliphatic carbocycles. The summed E-state index contributed by atoms with van der Waals surface area (Å²) in [5, 5.41) is 0. The lowest BCUT2D eigenvalue weighted by Gasteiger charge is -2.14. The normalized spacial score (nSPS) is 13.4. The molecule has 0 saturated heterocycles. The second-order valence-corrected chi connectivity index (χ2v) is 8.19. The number of rotatable bonds is 3. The van der Waals surface area contributed by atoms with Gasteiger partial charge in [-0.1, -0.05) is 24.3 Å². The summed E-state index contributed by atoms with van der Waals surface area (Å²) in [6, 6.07) is 16.6. The SMILES string of the molecule is CSc1ccc(-c2sc3c(c2-c2ccc(S)cc2)CCOC3=O)cc1. The van der Waals surface area contributed by atoms with Crippen molar-refractivity contribution in [1.82, 2.24) is 0 Å². The average molecular weight is 385 g/mol. The Bertz CT molecular complexity index is 925. The zero-order valence-corrected chi connectivity index (χ0v) is 16.1. The number of ether oxygens (including phenoxy) is 1. The summed E-state index contributed by atoms with van der Waals surface area (Å²) in [7, 11) is 0. The molecule has 0 saturated carbocycles. The van der Waals surface area contributed by atoms with Crippen molar-refractivity contribution in [2.75, 3.05) is 12.9 Å². The van der Waals surface area contributed by atoms with Gasteiger partial charge in [0.25, 0.3) is 0 Å². The number of cyclic esters (lactones) is 1. The number of carbonyl (C=O) groups excluding carboxylic acids is 1. The summed E-state index contributed by atoms with van der Waals surface area (Å²) in [5.74, 6) is -0.203. The van der Waals surface area contributed by atoms with Gasteiger partial charge < -0.3 is 4.74 Å². The van der Waals surface area contributed by atoms with E-state index in [2.05, 4.69) is 55.3 Å². The molecule has 1 aliphatic heterocycles. The molecule has 1 aliphatic rings. The number of thiol groups is 1. The van der Waals surface area contributed by atoms with E-state index < -0.39 is 0 Å². The Balaban J connectivity index is 1.93. The van der Waals surface area contributed by atoms with Gasteiger partial charge in [0, 0.05) is 26.7 Å². The van der Waals surface area contributed by atoms with E-state index in [-0.39, 0.29) is 5.97 Å². The van der Waals surface area contributed by atoms with Crippen LogP contribution in [0.5, 0.6) is 0 Å². The average Bonchev–Trinajstić information content (AvgIpc) is 3.03. The minimum Gasteiger partial charge on any atom is -0.461 e. The third-order valence-corrected chi connectivity index (χ3v) is 6.59. The largest absolute Gasteiger partial charge is 0.461 e. The number of fused-ring (bicyclic) bond motifs is 1. The number of benzene rings is 2. The summed E-state index contributed by atoms with van der Waals surface area (Å²) in [5.41, 5.74) is 4.52. The molecule has 2 heterocycles. The molecule has 4 rings (SSSR count). The maximum absolute atomic E-state index is 12.2. The van der Waals surface area contributed by atoms with E-state index in [1.54, 1.807) is 11.8 Å². The van der Waals surface area contributed by atoms with Crippen molar-refractivity contribution in [2.45, 2.75) is 16.2 Å². The van der Waals surface area contributed by atoms with Crippen LogP contribution in [-0.2, 0) is 11.2 Å². The smallest absolute Gasteiger partial charge is 0.348 e. The summed E-state index contributed by atoms with van der Waals surface area (Å²) in [6.45, 7) is 0.449. The maximum Gasteiger partial charge on any atom is 0.348 e. The second kappa shape index (κ2) is 6.90. The zero-order chi connectivity index (χ0) is 17.4. The summed E-state index contributed by atoms with van der Waals surface area (Å²) in [4.78, 5) is 16.3. The topological polar surface area (TPSA) is 26.3 Å². The monoisotopic (exact) mass is 384 g/mol. The molecule has 2 nitrogen and oxygen atoms in total. The second-order valence-electron chi connectivity index (χ2n) is 5.78. The van der Waals surface area contributed by atoms with Crippen molar-refractivity contribution < 1.29 is 9.53 Å². The lowest BCUT2D eigenvalue weighted by atomic mass is 9.95. The van der Waals surface area contributed by atoms with Crippen LogP contribution in [-0.4, -0.2) is 18.8 Å². The van der Waals surface area contributed by atoms with Crippen molar-refractivity contribution in [3.05, 3.63) is 59.0 Å². The van der Waals surface area contributed by atoms with Crippen molar-refractivity contribution in [2.24, 2.45) is 0 Å². The molecule has 0 spiro atoms. The van der Waals surface area contributed by atoms with Crippen LogP contribution < -0.4 is 0 Å². The minimum atomic E-state index is -0.203. The first-order valence-corrected chi connectivity index (χ1v) is 10.4. The van der Waals surface area contributed by atoms with E-state index in [0.29, 0.717) is 6.61 Å². The molecular formula is C20H16O2S3. The predicted octanol–water partition coefficient (Wildman–Crippen LogP) is 5.81. The van der Waals surface area contributed by atoms with Crippen molar-refractivity contribution in [1.29, 1.82) is 0 Å². The standard InChI is InChI=1S/C20H16O2S3/c1-24-15-8-4-13(5-9-15)18-17(12-2-6-14(23)7-3-12)16-10-11-22-20(21)19(16)25-18/h2-9,23H,10-11H2,1H3. The van der Waals surface area contributed by atoms with E-state index in [0.717, 1.165) is 43.3 Å². The van der Waals surface area contributed by atoms with Crippen molar-refractivity contribution in [3.63, 3.8) is 0 Å². The van der Waals surface area contributed by atoms with Crippen LogP contribution in [0.4, 0.5) is 0 Å². The summed E-state index contributed by atoms with van der Waals surface area (Å²) >= 11 is 7.64. The quantitative estimate of drug-likeness (QED) is 0.351. The van der Waals surface area contributed by atoms with Gasteiger partial charge in [0.2, 0.25) is 0 Å². The fourth-order valence-electron chi connectivity index (χ4n) is 3.06. The van der Waals surface area contributed by atoms with Gasteiger partial charge in [0.15, 0.2) is 0 Å². The van der Waals surface area contributed by atoms with Gasteiger partial charge in [-0.15, -0.1) is 35.7 Å². The molecule has 0 unspecified atom stereocenters. The van der Waals surface area contributed by atoms with E-state index in [1.165, 1.54) is 16.2 Å². The van der Waals surface area contributed by atoms with Gasteiger partial charge >= 0.3 is 5.97 Å². The third kappa shape index (κ3) is 3.12. The van der Waals surface area contributed by atoms with Crippen LogP contribution in [0.1, 0.15) is 15.2 Å². The summed E-state index contributed by atoms with van der Waals surface area (Å²) < 4.78 is 5.26. The highest BCUT2D eigenvalue weighted by Crippen LogP contribution is 2.45. The van der Waals surface area contributed by atoms with Crippen LogP contribution in [0.15, 0.2) is 58.3 Å². The Morgan fingerprint density at radius 2 is 1.68 bits per heavy atom. The fourth-order valence-corrected chi connectivity index (χ4v) is 4.89. The lowest BCUT2D eigenvalue weighted by molar-refractivity contribution is 0.0488. The van der Waals surface area contributed by atoms with Gasteiger partial charge in [-0.3, -0.25) is 0 Å². The van der Waals surface area contributed by atoms with Gasteiger partial charge in [-0.2, -0.15) is 0 Å². The van der Waals surface area contributed by atoms with E-state index in [9.17, 15) is 4.79 Å². The first kappa shape index (κ1) is 16.8. The van der Waals surface area contributed by atoms with Crippen LogP contribution >= 0.6 is 35.7 Å². The molecule has 3 aromatic rings.